The maximum Gasteiger partial charge on any atom is 0.117 e. The van der Waals surface area contributed by atoms with E-state index in [1.165, 1.54) is 0 Å². The summed E-state index contributed by atoms with van der Waals surface area (Å²) in [5, 5.41) is 9.06. The van der Waals surface area contributed by atoms with Crippen LogP contribution in [-0.2, 0) is 9.47 Å². The molecule has 0 unspecified atom stereocenters. The van der Waals surface area contributed by atoms with Crippen molar-refractivity contribution in [1.29, 1.82) is 0 Å². The van der Waals surface area contributed by atoms with Crippen molar-refractivity contribution in [3.63, 3.8) is 0 Å². The van der Waals surface area contributed by atoms with Gasteiger partial charge in [-0.1, -0.05) is 0 Å². The molecule has 0 amide bonds. The van der Waals surface area contributed by atoms with E-state index in [2.05, 4.69) is 0 Å². The zero-order valence-electron chi connectivity index (χ0n) is 7.17. The highest BCUT2D eigenvalue weighted by atomic mass is 16.6. The normalized spacial score (nSPS) is 31.6. The Morgan fingerprint density at radius 1 is 1.64 bits per heavy atom. The molecule has 1 N–H and O–H groups in total. The molecule has 3 nitrogen and oxygen atoms in total. The van der Waals surface area contributed by atoms with Gasteiger partial charge in [-0.2, -0.15) is 0 Å². The highest BCUT2D eigenvalue weighted by Crippen LogP contribution is 2.23. The molecule has 0 aliphatic carbocycles. The number of aliphatic hydroxyl groups excluding tert-OH is 1. The molecule has 0 saturated carbocycles. The second kappa shape index (κ2) is 3.52. The third kappa shape index (κ3) is 2.15. The molecule has 3 heteroatoms. The van der Waals surface area contributed by atoms with E-state index in [0.717, 1.165) is 6.42 Å². The minimum absolute atomic E-state index is 0.0607. The van der Waals surface area contributed by atoms with Crippen LogP contribution in [0.4, 0.5) is 0 Å². The molecule has 0 aromatic rings. The van der Waals surface area contributed by atoms with Crippen LogP contribution in [0.2, 0.25) is 0 Å². The molecule has 1 atom stereocenters. The van der Waals surface area contributed by atoms with Crippen LogP contribution >= 0.6 is 0 Å². The van der Waals surface area contributed by atoms with Crippen molar-refractivity contribution in [3.05, 3.63) is 0 Å². The molecule has 0 bridgehead atoms. The first kappa shape index (κ1) is 8.97. The van der Waals surface area contributed by atoms with Crippen LogP contribution in [0, 0.1) is 0 Å². The largest absolute Gasteiger partial charge is 0.393 e. The van der Waals surface area contributed by atoms with Gasteiger partial charge >= 0.3 is 0 Å². The standard InChI is InChI=1S/C8H16O3/c1-7(2)11-8(5-9)3-4-10-6-8/h7,9H,3-6H2,1-2H3/t8-/m0/s1. The second-order valence-electron chi connectivity index (χ2n) is 3.31. The van der Waals surface area contributed by atoms with E-state index >= 15 is 0 Å². The van der Waals surface area contributed by atoms with Crippen molar-refractivity contribution >= 4 is 0 Å². The summed E-state index contributed by atoms with van der Waals surface area (Å²) >= 11 is 0. The molecule has 1 fully saturated rings. The SMILES string of the molecule is CC(C)O[C@]1(CO)CCOC1. The summed E-state index contributed by atoms with van der Waals surface area (Å²) in [5.74, 6) is 0. The number of aliphatic hydroxyl groups is 1. The zero-order chi connectivity index (χ0) is 8.32. The van der Waals surface area contributed by atoms with E-state index in [9.17, 15) is 0 Å². The molecule has 0 aromatic carbocycles. The summed E-state index contributed by atoms with van der Waals surface area (Å²) in [6.07, 6.45) is 0.964. The minimum Gasteiger partial charge on any atom is -0.393 e. The lowest BCUT2D eigenvalue weighted by molar-refractivity contribution is -0.108. The fourth-order valence-electron chi connectivity index (χ4n) is 1.34. The van der Waals surface area contributed by atoms with E-state index in [1.54, 1.807) is 0 Å². The van der Waals surface area contributed by atoms with Crippen molar-refractivity contribution in [1.82, 2.24) is 0 Å². The molecular formula is C8H16O3. The van der Waals surface area contributed by atoms with Crippen LogP contribution in [0.25, 0.3) is 0 Å². The fraction of sp³-hybridized carbons (Fsp3) is 1.00. The monoisotopic (exact) mass is 160 g/mol. The van der Waals surface area contributed by atoms with E-state index in [0.29, 0.717) is 13.2 Å². The second-order valence-corrected chi connectivity index (χ2v) is 3.31. The third-order valence-electron chi connectivity index (χ3n) is 1.84. The van der Waals surface area contributed by atoms with Crippen LogP contribution in [0.3, 0.4) is 0 Å². The molecule has 1 saturated heterocycles. The minimum atomic E-state index is -0.409. The van der Waals surface area contributed by atoms with E-state index in [-0.39, 0.29) is 12.7 Å². The number of rotatable bonds is 3. The topological polar surface area (TPSA) is 38.7 Å². The van der Waals surface area contributed by atoms with Crippen molar-refractivity contribution in [2.45, 2.75) is 32.0 Å². The summed E-state index contributed by atoms with van der Waals surface area (Å²) in [5.41, 5.74) is -0.409. The van der Waals surface area contributed by atoms with Gasteiger partial charge in [0.15, 0.2) is 0 Å². The first-order valence-corrected chi connectivity index (χ1v) is 4.05. The van der Waals surface area contributed by atoms with Crippen LogP contribution in [-0.4, -0.2) is 36.6 Å². The summed E-state index contributed by atoms with van der Waals surface area (Å²) in [4.78, 5) is 0. The molecule has 1 rings (SSSR count). The van der Waals surface area contributed by atoms with E-state index in [1.807, 2.05) is 13.8 Å². The molecular weight excluding hydrogens is 144 g/mol. The van der Waals surface area contributed by atoms with Gasteiger partial charge in [-0.25, -0.2) is 0 Å². The van der Waals surface area contributed by atoms with Crippen LogP contribution in [0.5, 0.6) is 0 Å². The molecule has 1 heterocycles. The molecule has 0 radical (unpaired) electrons. The lowest BCUT2D eigenvalue weighted by atomic mass is 10.0. The molecule has 0 spiro atoms. The predicted octanol–water partition coefficient (Wildman–Crippen LogP) is 0.563. The molecule has 11 heavy (non-hydrogen) atoms. The van der Waals surface area contributed by atoms with Crippen LogP contribution in [0.15, 0.2) is 0 Å². The third-order valence-corrected chi connectivity index (χ3v) is 1.84. The lowest BCUT2D eigenvalue weighted by Crippen LogP contribution is -2.39. The highest BCUT2D eigenvalue weighted by molar-refractivity contribution is 4.84. The van der Waals surface area contributed by atoms with Gasteiger partial charge in [0, 0.05) is 13.0 Å². The first-order valence-electron chi connectivity index (χ1n) is 4.05. The van der Waals surface area contributed by atoms with Crippen molar-refractivity contribution in [2.24, 2.45) is 0 Å². The summed E-state index contributed by atoms with van der Waals surface area (Å²) in [6.45, 7) is 5.23. The Bertz CT molecular complexity index is 117. The van der Waals surface area contributed by atoms with Gasteiger partial charge in [0.1, 0.15) is 5.60 Å². The summed E-state index contributed by atoms with van der Waals surface area (Å²) in [7, 11) is 0. The average molecular weight is 160 g/mol. The van der Waals surface area contributed by atoms with E-state index < -0.39 is 5.60 Å². The fourth-order valence-corrected chi connectivity index (χ4v) is 1.34. The number of hydrogen-bond acceptors (Lipinski definition) is 3. The van der Waals surface area contributed by atoms with Gasteiger partial charge in [0.25, 0.3) is 0 Å². The predicted molar refractivity (Wildman–Crippen MR) is 41.5 cm³/mol. The van der Waals surface area contributed by atoms with Gasteiger partial charge in [-0.05, 0) is 13.8 Å². The average Bonchev–Trinajstić information content (AvgIpc) is 2.36. The Morgan fingerprint density at radius 3 is 2.73 bits per heavy atom. The van der Waals surface area contributed by atoms with Gasteiger partial charge in [-0.3, -0.25) is 0 Å². The van der Waals surface area contributed by atoms with Gasteiger partial charge in [0.2, 0.25) is 0 Å². The van der Waals surface area contributed by atoms with Crippen molar-refractivity contribution < 1.29 is 14.6 Å². The Hall–Kier alpha value is -0.120. The van der Waals surface area contributed by atoms with Crippen LogP contribution < -0.4 is 0 Å². The Balaban J connectivity index is 2.45. The van der Waals surface area contributed by atoms with Gasteiger partial charge in [0.05, 0.1) is 19.3 Å². The Labute approximate surface area is 67.3 Å². The zero-order valence-corrected chi connectivity index (χ0v) is 7.17. The maximum atomic E-state index is 9.06. The molecule has 1 aliphatic rings. The quantitative estimate of drug-likeness (QED) is 0.655. The maximum absolute atomic E-state index is 9.06. The van der Waals surface area contributed by atoms with Crippen molar-refractivity contribution in [2.75, 3.05) is 19.8 Å². The highest BCUT2D eigenvalue weighted by Gasteiger charge is 2.36. The van der Waals surface area contributed by atoms with Gasteiger partial charge < -0.3 is 14.6 Å². The summed E-state index contributed by atoms with van der Waals surface area (Å²) < 4.78 is 10.7. The number of hydrogen-bond donors (Lipinski definition) is 1. The molecule has 0 aromatic heterocycles. The molecule has 1 aliphatic heterocycles. The number of ether oxygens (including phenoxy) is 2. The van der Waals surface area contributed by atoms with Crippen LogP contribution in [0.1, 0.15) is 20.3 Å². The smallest absolute Gasteiger partial charge is 0.117 e. The van der Waals surface area contributed by atoms with Crippen molar-refractivity contribution in [3.8, 4) is 0 Å². The first-order chi connectivity index (χ1) is 5.18. The van der Waals surface area contributed by atoms with E-state index in [4.69, 9.17) is 14.6 Å². The summed E-state index contributed by atoms with van der Waals surface area (Å²) in [6, 6.07) is 0. The molecule has 66 valence electrons. The Morgan fingerprint density at radius 2 is 2.36 bits per heavy atom. The Kier molecular flexibility index (Phi) is 2.87. The lowest BCUT2D eigenvalue weighted by Gasteiger charge is -2.27. The van der Waals surface area contributed by atoms with Gasteiger partial charge in [-0.15, -0.1) is 0 Å².